The lowest BCUT2D eigenvalue weighted by molar-refractivity contribution is 0.103. The van der Waals surface area contributed by atoms with Crippen molar-refractivity contribution < 1.29 is 4.79 Å². The topological polar surface area (TPSA) is 42.9 Å². The first-order valence-corrected chi connectivity index (χ1v) is 5.53. The average Bonchev–Trinajstić information content (AvgIpc) is 2.33. The third-order valence-electron chi connectivity index (χ3n) is 2.24. The zero-order valence-electron chi connectivity index (χ0n) is 8.64. The van der Waals surface area contributed by atoms with Crippen molar-refractivity contribution >= 4 is 21.7 Å². The molecule has 4 heteroatoms. The Morgan fingerprint density at radius 3 is 2.50 bits per heavy atom. The van der Waals surface area contributed by atoms with Crippen molar-refractivity contribution in [1.29, 1.82) is 0 Å². The van der Waals surface area contributed by atoms with Crippen molar-refractivity contribution in [3.05, 3.63) is 58.1 Å². The van der Waals surface area contributed by atoms with Crippen molar-refractivity contribution in [2.45, 2.75) is 6.92 Å². The van der Waals surface area contributed by atoms with E-state index in [9.17, 15) is 4.79 Å². The van der Waals surface area contributed by atoms with Gasteiger partial charge in [-0.15, -0.1) is 0 Å². The lowest BCUT2D eigenvalue weighted by Gasteiger charge is -2.03. The highest BCUT2D eigenvalue weighted by atomic mass is 79.9. The Labute approximate surface area is 102 Å². The fraction of sp³-hybridized carbons (Fsp3) is 0.0833. The predicted molar refractivity (Wildman–Crippen MR) is 64.3 cm³/mol. The summed E-state index contributed by atoms with van der Waals surface area (Å²) in [7, 11) is 0. The number of aryl methyl sites for hydroxylation is 1. The van der Waals surface area contributed by atoms with Crippen molar-refractivity contribution in [2.24, 2.45) is 0 Å². The van der Waals surface area contributed by atoms with Crippen molar-refractivity contribution in [1.82, 2.24) is 9.97 Å². The first kappa shape index (κ1) is 11.0. The second-order valence-electron chi connectivity index (χ2n) is 3.42. The van der Waals surface area contributed by atoms with Gasteiger partial charge in [-0.05, 0) is 30.7 Å². The van der Waals surface area contributed by atoms with E-state index >= 15 is 0 Å². The molecule has 0 aliphatic heterocycles. The van der Waals surface area contributed by atoms with Gasteiger partial charge in [-0.3, -0.25) is 4.79 Å². The van der Waals surface area contributed by atoms with E-state index < -0.39 is 0 Å². The Kier molecular flexibility index (Phi) is 3.10. The minimum absolute atomic E-state index is 0.0591. The summed E-state index contributed by atoms with van der Waals surface area (Å²) in [4.78, 5) is 19.7. The largest absolute Gasteiger partial charge is 0.288 e. The fourth-order valence-corrected chi connectivity index (χ4v) is 1.62. The van der Waals surface area contributed by atoms with Crippen LogP contribution in [0.2, 0.25) is 0 Å². The van der Waals surface area contributed by atoms with Crippen LogP contribution in [0.25, 0.3) is 0 Å². The van der Waals surface area contributed by atoms with E-state index in [1.165, 1.54) is 18.7 Å². The van der Waals surface area contributed by atoms with E-state index in [0.29, 0.717) is 11.1 Å². The number of rotatable bonds is 2. The average molecular weight is 277 g/mol. The second kappa shape index (κ2) is 4.53. The number of carbonyl (C=O) groups excluding carboxylic acids is 1. The van der Waals surface area contributed by atoms with Crippen LogP contribution in [-0.2, 0) is 0 Å². The highest BCUT2D eigenvalue weighted by Crippen LogP contribution is 2.18. The molecule has 0 radical (unpaired) electrons. The Morgan fingerprint density at radius 2 is 1.88 bits per heavy atom. The summed E-state index contributed by atoms with van der Waals surface area (Å²) < 4.78 is 0.994. The molecule has 3 nitrogen and oxygen atoms in total. The smallest absolute Gasteiger partial charge is 0.196 e. The highest BCUT2D eigenvalue weighted by Gasteiger charge is 2.10. The maximum absolute atomic E-state index is 12.0. The van der Waals surface area contributed by atoms with Crippen LogP contribution in [0.3, 0.4) is 0 Å². The summed E-state index contributed by atoms with van der Waals surface area (Å²) >= 11 is 3.40. The van der Waals surface area contributed by atoms with Crippen molar-refractivity contribution in [3.63, 3.8) is 0 Å². The molecule has 0 atom stereocenters. The third kappa shape index (κ3) is 2.17. The van der Waals surface area contributed by atoms with E-state index in [-0.39, 0.29) is 5.78 Å². The summed E-state index contributed by atoms with van der Waals surface area (Å²) in [6.07, 6.45) is 4.45. The quantitative estimate of drug-likeness (QED) is 0.793. The number of hydrogen-bond acceptors (Lipinski definition) is 3. The molecule has 1 aromatic carbocycles. The van der Waals surface area contributed by atoms with Gasteiger partial charge in [-0.2, -0.15) is 0 Å². The Hall–Kier alpha value is -1.55. The van der Waals surface area contributed by atoms with Gasteiger partial charge in [-0.25, -0.2) is 9.97 Å². The Bertz CT molecular complexity index is 526. The first-order chi connectivity index (χ1) is 7.68. The molecular formula is C12H9BrN2O. The first-order valence-electron chi connectivity index (χ1n) is 4.74. The van der Waals surface area contributed by atoms with Crippen LogP contribution in [0, 0.1) is 6.92 Å². The fourth-order valence-electron chi connectivity index (χ4n) is 1.37. The molecule has 0 aliphatic rings. The molecule has 80 valence electrons. The van der Waals surface area contributed by atoms with Gasteiger partial charge in [-0.1, -0.05) is 15.9 Å². The molecule has 16 heavy (non-hydrogen) atoms. The lowest BCUT2D eigenvalue weighted by atomic mass is 10.0. The van der Waals surface area contributed by atoms with Crippen LogP contribution in [0.4, 0.5) is 0 Å². The third-order valence-corrected chi connectivity index (χ3v) is 3.13. The van der Waals surface area contributed by atoms with Crippen LogP contribution in [-0.4, -0.2) is 15.8 Å². The van der Waals surface area contributed by atoms with Crippen LogP contribution < -0.4 is 0 Å². The predicted octanol–water partition coefficient (Wildman–Crippen LogP) is 2.78. The summed E-state index contributed by atoms with van der Waals surface area (Å²) in [5.41, 5.74) is 2.18. The highest BCUT2D eigenvalue weighted by molar-refractivity contribution is 9.10. The Balaban J connectivity index is 2.39. The molecular weight excluding hydrogens is 268 g/mol. The van der Waals surface area contributed by atoms with Gasteiger partial charge >= 0.3 is 0 Å². The maximum Gasteiger partial charge on any atom is 0.196 e. The van der Waals surface area contributed by atoms with Gasteiger partial charge < -0.3 is 0 Å². The van der Waals surface area contributed by atoms with Gasteiger partial charge in [0.2, 0.25) is 0 Å². The molecule has 0 fully saturated rings. The van der Waals surface area contributed by atoms with Gasteiger partial charge in [0.15, 0.2) is 5.78 Å². The zero-order valence-corrected chi connectivity index (χ0v) is 10.2. The molecule has 1 heterocycles. The molecule has 0 amide bonds. The Morgan fingerprint density at radius 1 is 1.19 bits per heavy atom. The van der Waals surface area contributed by atoms with Crippen LogP contribution >= 0.6 is 15.9 Å². The number of halogens is 1. The number of aromatic nitrogens is 2. The standard InChI is InChI=1S/C12H9BrN2O/c1-8-4-9(2-3-11(8)13)12(16)10-5-14-7-15-6-10/h2-7H,1H3. The summed E-state index contributed by atoms with van der Waals surface area (Å²) in [6, 6.07) is 5.50. The number of ketones is 1. The molecule has 1 aromatic heterocycles. The zero-order chi connectivity index (χ0) is 11.5. The summed E-state index contributed by atoms with van der Waals surface area (Å²) in [5, 5.41) is 0. The molecule has 0 saturated heterocycles. The second-order valence-corrected chi connectivity index (χ2v) is 4.27. The summed E-state index contributed by atoms with van der Waals surface area (Å²) in [5.74, 6) is -0.0591. The van der Waals surface area contributed by atoms with Crippen molar-refractivity contribution in [3.8, 4) is 0 Å². The van der Waals surface area contributed by atoms with E-state index in [1.807, 2.05) is 19.1 Å². The van der Waals surface area contributed by atoms with Crippen LogP contribution in [0.1, 0.15) is 21.5 Å². The molecule has 0 N–H and O–H groups in total. The molecule has 0 saturated carbocycles. The van der Waals surface area contributed by atoms with Crippen molar-refractivity contribution in [2.75, 3.05) is 0 Å². The number of nitrogens with zero attached hydrogens (tertiary/aromatic N) is 2. The van der Waals surface area contributed by atoms with Gasteiger partial charge in [0.1, 0.15) is 6.33 Å². The molecule has 2 aromatic rings. The van der Waals surface area contributed by atoms with Crippen LogP contribution in [0.5, 0.6) is 0 Å². The molecule has 2 rings (SSSR count). The normalized spacial score (nSPS) is 10.1. The SMILES string of the molecule is Cc1cc(C(=O)c2cncnc2)ccc1Br. The van der Waals surface area contributed by atoms with E-state index in [0.717, 1.165) is 10.0 Å². The van der Waals surface area contributed by atoms with Gasteiger partial charge in [0, 0.05) is 22.4 Å². The van der Waals surface area contributed by atoms with E-state index in [4.69, 9.17) is 0 Å². The van der Waals surface area contributed by atoms with E-state index in [1.54, 1.807) is 6.07 Å². The van der Waals surface area contributed by atoms with Crippen LogP contribution in [0.15, 0.2) is 41.4 Å². The van der Waals surface area contributed by atoms with E-state index in [2.05, 4.69) is 25.9 Å². The monoisotopic (exact) mass is 276 g/mol. The maximum atomic E-state index is 12.0. The van der Waals surface area contributed by atoms with Gasteiger partial charge in [0.25, 0.3) is 0 Å². The number of hydrogen-bond donors (Lipinski definition) is 0. The number of benzene rings is 1. The summed E-state index contributed by atoms with van der Waals surface area (Å²) in [6.45, 7) is 1.95. The minimum Gasteiger partial charge on any atom is -0.288 e. The molecule has 0 spiro atoms. The van der Waals surface area contributed by atoms with Gasteiger partial charge in [0.05, 0.1) is 5.56 Å². The molecule has 0 aliphatic carbocycles. The molecule has 0 unspecified atom stereocenters. The minimum atomic E-state index is -0.0591. The molecule has 0 bridgehead atoms. The number of carbonyl (C=O) groups is 1. The lowest BCUT2D eigenvalue weighted by Crippen LogP contribution is -2.02.